The fourth-order valence-electron chi connectivity index (χ4n) is 2.04. The molecule has 1 saturated heterocycles. The highest BCUT2D eigenvalue weighted by molar-refractivity contribution is 5.52. The minimum Gasteiger partial charge on any atom is -0.372 e. The van der Waals surface area contributed by atoms with Crippen LogP contribution in [0, 0.1) is 0 Å². The smallest absolute Gasteiger partial charge is 0.0293 e. The van der Waals surface area contributed by atoms with Crippen LogP contribution in [-0.4, -0.2) is 18.0 Å². The fourth-order valence-corrected chi connectivity index (χ4v) is 2.04. The molecule has 1 fully saturated rings. The summed E-state index contributed by atoms with van der Waals surface area (Å²) >= 11 is 0. The third-order valence-corrected chi connectivity index (χ3v) is 3.03. The van der Waals surface area contributed by atoms with E-state index >= 15 is 0 Å². The maximum atomic E-state index is 4.13. The van der Waals surface area contributed by atoms with Gasteiger partial charge in [0.25, 0.3) is 0 Å². The molecule has 0 aliphatic carbocycles. The van der Waals surface area contributed by atoms with Crippen LogP contribution in [0.5, 0.6) is 0 Å². The van der Waals surface area contributed by atoms with Gasteiger partial charge >= 0.3 is 0 Å². The van der Waals surface area contributed by atoms with Gasteiger partial charge in [0.05, 0.1) is 0 Å². The molecule has 1 aromatic rings. The number of hydrogen-bond acceptors (Lipinski definition) is 1. The highest BCUT2D eigenvalue weighted by Crippen LogP contribution is 2.15. The second kappa shape index (κ2) is 5.55. The summed E-state index contributed by atoms with van der Waals surface area (Å²) in [4.78, 5) is 2.38. The molecule has 0 amide bonds. The highest BCUT2D eigenvalue weighted by atomic mass is 15.1. The zero-order valence-corrected chi connectivity index (χ0v) is 9.73. The Morgan fingerprint density at radius 3 is 2.44 bits per heavy atom. The van der Waals surface area contributed by atoms with E-state index in [9.17, 15) is 0 Å². The average Bonchev–Trinajstić information content (AvgIpc) is 2.38. The number of piperidine rings is 1. The van der Waals surface area contributed by atoms with Crippen molar-refractivity contribution in [2.45, 2.75) is 19.3 Å². The third kappa shape index (κ3) is 2.99. The molecule has 0 spiro atoms. The zero-order chi connectivity index (χ0) is 11.2. The van der Waals surface area contributed by atoms with Crippen LogP contribution < -0.4 is 0 Å². The van der Waals surface area contributed by atoms with Crippen molar-refractivity contribution in [1.29, 1.82) is 0 Å². The maximum absolute atomic E-state index is 4.13. The lowest BCUT2D eigenvalue weighted by molar-refractivity contribution is 0.294. The van der Waals surface area contributed by atoms with Gasteiger partial charge in [0.2, 0.25) is 0 Å². The molecule has 0 bridgehead atoms. The molecular weight excluding hydrogens is 194 g/mol. The Bertz CT molecular complexity index is 358. The maximum Gasteiger partial charge on any atom is 0.0293 e. The number of likely N-dealkylation sites (tertiary alicyclic amines) is 1. The van der Waals surface area contributed by atoms with Crippen molar-refractivity contribution in [2.24, 2.45) is 0 Å². The van der Waals surface area contributed by atoms with E-state index in [1.165, 1.54) is 24.8 Å². The molecule has 0 saturated carbocycles. The van der Waals surface area contributed by atoms with Crippen LogP contribution in [0.25, 0.3) is 6.08 Å². The number of allylic oxidation sites excluding steroid dienone is 1. The first-order chi connectivity index (χ1) is 7.86. The Labute approximate surface area is 98.1 Å². The summed E-state index contributed by atoms with van der Waals surface area (Å²) in [6.07, 6.45) is 8.24. The van der Waals surface area contributed by atoms with Gasteiger partial charge < -0.3 is 4.90 Å². The Balaban J connectivity index is 1.93. The Morgan fingerprint density at radius 1 is 1.06 bits per heavy atom. The SMILES string of the molecule is C=C(/C=C/c1ccccc1)N1CCCCC1. The van der Waals surface area contributed by atoms with E-state index < -0.39 is 0 Å². The summed E-state index contributed by atoms with van der Waals surface area (Å²) < 4.78 is 0. The second-order valence-corrected chi connectivity index (χ2v) is 4.28. The molecule has 1 heteroatoms. The van der Waals surface area contributed by atoms with Crippen LogP contribution >= 0.6 is 0 Å². The van der Waals surface area contributed by atoms with Gasteiger partial charge in [0, 0.05) is 18.8 Å². The Kier molecular flexibility index (Phi) is 3.81. The molecule has 0 atom stereocenters. The molecule has 0 N–H and O–H groups in total. The minimum atomic E-state index is 1.14. The van der Waals surface area contributed by atoms with Gasteiger partial charge in [-0.25, -0.2) is 0 Å². The predicted octanol–water partition coefficient (Wildman–Crippen LogP) is 3.70. The van der Waals surface area contributed by atoms with E-state index in [1.54, 1.807) is 0 Å². The standard InChI is InChI=1S/C15H19N/c1-14(16-12-6-3-7-13-16)10-11-15-8-4-2-5-9-15/h2,4-5,8-11H,1,3,6-7,12-13H2/b11-10+. The molecule has 1 aliphatic rings. The van der Waals surface area contributed by atoms with E-state index in [0.717, 1.165) is 18.8 Å². The molecular formula is C15H19N. The molecule has 1 aliphatic heterocycles. The molecule has 0 unspecified atom stereocenters. The summed E-state index contributed by atoms with van der Waals surface area (Å²) in [5.74, 6) is 0. The number of hydrogen-bond donors (Lipinski definition) is 0. The van der Waals surface area contributed by atoms with Crippen molar-refractivity contribution < 1.29 is 0 Å². The molecule has 84 valence electrons. The monoisotopic (exact) mass is 213 g/mol. The van der Waals surface area contributed by atoms with E-state index in [4.69, 9.17) is 0 Å². The first-order valence-corrected chi connectivity index (χ1v) is 6.03. The summed E-state index contributed by atoms with van der Waals surface area (Å²) in [5, 5.41) is 0. The zero-order valence-electron chi connectivity index (χ0n) is 9.73. The Hall–Kier alpha value is -1.50. The molecule has 0 aromatic heterocycles. The highest BCUT2D eigenvalue weighted by Gasteiger charge is 2.09. The topological polar surface area (TPSA) is 3.24 Å². The van der Waals surface area contributed by atoms with E-state index in [-0.39, 0.29) is 0 Å². The average molecular weight is 213 g/mol. The van der Waals surface area contributed by atoms with Gasteiger partial charge in [-0.15, -0.1) is 0 Å². The van der Waals surface area contributed by atoms with E-state index in [0.29, 0.717) is 0 Å². The largest absolute Gasteiger partial charge is 0.372 e. The van der Waals surface area contributed by atoms with E-state index in [1.807, 2.05) is 6.07 Å². The van der Waals surface area contributed by atoms with Crippen LogP contribution in [0.1, 0.15) is 24.8 Å². The van der Waals surface area contributed by atoms with Gasteiger partial charge in [0.15, 0.2) is 0 Å². The summed E-state index contributed by atoms with van der Waals surface area (Å²) in [7, 11) is 0. The quantitative estimate of drug-likeness (QED) is 0.692. The number of rotatable bonds is 3. The fraction of sp³-hybridized carbons (Fsp3) is 0.333. The first-order valence-electron chi connectivity index (χ1n) is 6.03. The van der Waals surface area contributed by atoms with Crippen molar-refractivity contribution in [1.82, 2.24) is 4.90 Å². The lowest BCUT2D eigenvalue weighted by Crippen LogP contribution is -2.27. The molecule has 1 heterocycles. The van der Waals surface area contributed by atoms with Crippen molar-refractivity contribution >= 4 is 6.08 Å². The number of benzene rings is 1. The van der Waals surface area contributed by atoms with Crippen LogP contribution in [0.2, 0.25) is 0 Å². The number of nitrogens with zero attached hydrogens (tertiary/aromatic N) is 1. The van der Waals surface area contributed by atoms with Crippen molar-refractivity contribution in [2.75, 3.05) is 13.1 Å². The molecule has 16 heavy (non-hydrogen) atoms. The van der Waals surface area contributed by atoms with Crippen molar-refractivity contribution in [3.63, 3.8) is 0 Å². The molecule has 2 rings (SSSR count). The predicted molar refractivity (Wildman–Crippen MR) is 70.0 cm³/mol. The van der Waals surface area contributed by atoms with Gasteiger partial charge in [-0.3, -0.25) is 0 Å². The molecule has 1 nitrogen and oxygen atoms in total. The van der Waals surface area contributed by atoms with Crippen LogP contribution in [0.4, 0.5) is 0 Å². The van der Waals surface area contributed by atoms with E-state index in [2.05, 4.69) is 47.9 Å². The van der Waals surface area contributed by atoms with Gasteiger partial charge in [-0.2, -0.15) is 0 Å². The van der Waals surface area contributed by atoms with Gasteiger partial charge in [0.1, 0.15) is 0 Å². The van der Waals surface area contributed by atoms with Crippen LogP contribution in [0.3, 0.4) is 0 Å². The van der Waals surface area contributed by atoms with Crippen molar-refractivity contribution in [3.8, 4) is 0 Å². The molecule has 1 aromatic carbocycles. The van der Waals surface area contributed by atoms with Gasteiger partial charge in [-0.1, -0.05) is 43.0 Å². The lowest BCUT2D eigenvalue weighted by Gasteiger charge is -2.28. The normalized spacial score (nSPS) is 16.6. The van der Waals surface area contributed by atoms with Crippen molar-refractivity contribution in [3.05, 3.63) is 54.2 Å². The lowest BCUT2D eigenvalue weighted by atomic mass is 10.1. The Morgan fingerprint density at radius 2 is 1.75 bits per heavy atom. The summed E-state index contributed by atoms with van der Waals surface area (Å²) in [6.45, 7) is 6.46. The van der Waals surface area contributed by atoms with Crippen LogP contribution in [0.15, 0.2) is 48.7 Å². The van der Waals surface area contributed by atoms with Gasteiger partial charge in [-0.05, 0) is 30.9 Å². The second-order valence-electron chi connectivity index (χ2n) is 4.28. The minimum absolute atomic E-state index is 1.14. The summed E-state index contributed by atoms with van der Waals surface area (Å²) in [5.41, 5.74) is 2.38. The third-order valence-electron chi connectivity index (χ3n) is 3.03. The van der Waals surface area contributed by atoms with Crippen LogP contribution in [-0.2, 0) is 0 Å². The molecule has 0 radical (unpaired) electrons. The summed E-state index contributed by atoms with van der Waals surface area (Å²) in [6, 6.07) is 10.4. The first kappa shape index (κ1) is 11.0.